The first-order valence-corrected chi connectivity index (χ1v) is 5.88. The van der Waals surface area contributed by atoms with Gasteiger partial charge in [0.05, 0.1) is 18.6 Å². The molecule has 0 amide bonds. The van der Waals surface area contributed by atoms with Gasteiger partial charge in [-0.25, -0.2) is 0 Å². The van der Waals surface area contributed by atoms with Gasteiger partial charge >= 0.3 is 0 Å². The number of rotatable bonds is 4. The maximum Gasteiger partial charge on any atom is 0.162 e. The monoisotopic (exact) mass is 243 g/mol. The highest BCUT2D eigenvalue weighted by atomic mass is 16.5. The molecule has 0 saturated heterocycles. The van der Waals surface area contributed by atoms with Gasteiger partial charge < -0.3 is 9.47 Å². The SMILES string of the molecule is COc1ccc(C=O)cc1OC12CC(C#N)(C1)C2. The van der Waals surface area contributed by atoms with E-state index in [1.807, 2.05) is 0 Å². The summed E-state index contributed by atoms with van der Waals surface area (Å²) in [4.78, 5) is 10.8. The Morgan fingerprint density at radius 2 is 2.06 bits per heavy atom. The number of benzene rings is 1. The van der Waals surface area contributed by atoms with Crippen LogP contribution in [0.5, 0.6) is 11.5 Å². The van der Waals surface area contributed by atoms with Crippen LogP contribution in [-0.2, 0) is 0 Å². The first-order valence-electron chi connectivity index (χ1n) is 5.88. The van der Waals surface area contributed by atoms with Crippen LogP contribution in [0, 0.1) is 16.7 Å². The molecule has 0 spiro atoms. The van der Waals surface area contributed by atoms with Crippen molar-refractivity contribution in [2.45, 2.75) is 24.9 Å². The van der Waals surface area contributed by atoms with E-state index in [-0.39, 0.29) is 11.0 Å². The van der Waals surface area contributed by atoms with Crippen LogP contribution in [0.2, 0.25) is 0 Å². The summed E-state index contributed by atoms with van der Waals surface area (Å²) in [6.07, 6.45) is 3.13. The second-order valence-electron chi connectivity index (χ2n) is 5.24. The molecule has 0 N–H and O–H groups in total. The van der Waals surface area contributed by atoms with Gasteiger partial charge in [0, 0.05) is 24.8 Å². The Morgan fingerprint density at radius 3 is 2.61 bits per heavy atom. The Kier molecular flexibility index (Phi) is 2.15. The van der Waals surface area contributed by atoms with E-state index in [0.29, 0.717) is 17.1 Å². The number of nitriles is 1. The van der Waals surface area contributed by atoms with Crippen molar-refractivity contribution in [3.05, 3.63) is 23.8 Å². The van der Waals surface area contributed by atoms with Crippen LogP contribution in [0.15, 0.2) is 18.2 Å². The number of hydrogen-bond donors (Lipinski definition) is 0. The van der Waals surface area contributed by atoms with Crippen molar-refractivity contribution in [1.29, 1.82) is 5.26 Å². The summed E-state index contributed by atoms with van der Waals surface area (Å²) in [5.41, 5.74) is 0.215. The minimum Gasteiger partial charge on any atom is -0.493 e. The summed E-state index contributed by atoms with van der Waals surface area (Å²) < 4.78 is 11.2. The smallest absolute Gasteiger partial charge is 0.162 e. The van der Waals surface area contributed by atoms with E-state index in [1.54, 1.807) is 25.3 Å². The van der Waals surface area contributed by atoms with Crippen molar-refractivity contribution in [3.8, 4) is 17.6 Å². The first-order chi connectivity index (χ1) is 8.64. The molecule has 0 aromatic heterocycles. The molecule has 0 radical (unpaired) electrons. The fraction of sp³-hybridized carbons (Fsp3) is 0.429. The maximum absolute atomic E-state index is 10.8. The molecule has 0 heterocycles. The van der Waals surface area contributed by atoms with Gasteiger partial charge in [-0.1, -0.05) is 0 Å². The zero-order valence-electron chi connectivity index (χ0n) is 10.1. The number of methoxy groups -OCH3 is 1. The van der Waals surface area contributed by atoms with Crippen LogP contribution in [0.1, 0.15) is 29.6 Å². The molecule has 4 heteroatoms. The van der Waals surface area contributed by atoms with Gasteiger partial charge in [0.2, 0.25) is 0 Å². The average Bonchev–Trinajstić information content (AvgIpc) is 2.31. The predicted octanol–water partition coefficient (Wildman–Crippen LogP) is 2.33. The van der Waals surface area contributed by atoms with Crippen LogP contribution in [0.25, 0.3) is 0 Å². The van der Waals surface area contributed by atoms with Gasteiger partial charge in [0.15, 0.2) is 11.5 Å². The largest absolute Gasteiger partial charge is 0.493 e. The molecule has 3 fully saturated rings. The average molecular weight is 243 g/mol. The number of carbonyl (C=O) groups is 1. The van der Waals surface area contributed by atoms with Gasteiger partial charge in [-0.05, 0) is 18.2 Å². The van der Waals surface area contributed by atoms with Crippen molar-refractivity contribution in [3.63, 3.8) is 0 Å². The summed E-state index contributed by atoms with van der Waals surface area (Å²) in [6.45, 7) is 0. The highest BCUT2D eigenvalue weighted by molar-refractivity contribution is 5.76. The molecule has 0 atom stereocenters. The van der Waals surface area contributed by atoms with Crippen molar-refractivity contribution in [2.75, 3.05) is 7.11 Å². The van der Waals surface area contributed by atoms with Gasteiger partial charge in [-0.15, -0.1) is 0 Å². The molecular weight excluding hydrogens is 230 g/mol. The summed E-state index contributed by atoms with van der Waals surface area (Å²) in [6, 6.07) is 7.44. The lowest BCUT2D eigenvalue weighted by Gasteiger charge is -2.65. The quantitative estimate of drug-likeness (QED) is 0.761. The Bertz CT molecular complexity index is 539. The lowest BCUT2D eigenvalue weighted by atomic mass is 9.42. The first kappa shape index (κ1) is 11.1. The number of ether oxygens (including phenoxy) is 2. The lowest BCUT2D eigenvalue weighted by molar-refractivity contribution is -0.212. The zero-order valence-corrected chi connectivity index (χ0v) is 10.1. The highest BCUT2D eigenvalue weighted by Gasteiger charge is 2.71. The summed E-state index contributed by atoms with van der Waals surface area (Å²) in [5, 5.41) is 8.97. The Morgan fingerprint density at radius 1 is 1.33 bits per heavy atom. The minimum absolute atomic E-state index is 0.143. The minimum atomic E-state index is -0.204. The van der Waals surface area contributed by atoms with Crippen molar-refractivity contribution in [1.82, 2.24) is 0 Å². The molecule has 0 unspecified atom stereocenters. The van der Waals surface area contributed by atoms with Gasteiger partial charge in [-0.3, -0.25) is 4.79 Å². The van der Waals surface area contributed by atoms with Crippen LogP contribution in [0.4, 0.5) is 0 Å². The molecule has 1 aromatic carbocycles. The summed E-state index contributed by atoms with van der Waals surface area (Å²) >= 11 is 0. The van der Waals surface area contributed by atoms with E-state index in [2.05, 4.69) is 6.07 Å². The molecule has 0 aliphatic heterocycles. The van der Waals surface area contributed by atoms with Crippen molar-refractivity contribution in [2.24, 2.45) is 5.41 Å². The normalized spacial score (nSPS) is 31.6. The van der Waals surface area contributed by atoms with Gasteiger partial charge in [-0.2, -0.15) is 5.26 Å². The molecule has 4 rings (SSSR count). The Labute approximate surface area is 105 Å². The van der Waals surface area contributed by atoms with Gasteiger partial charge in [0.1, 0.15) is 11.9 Å². The molecule has 4 nitrogen and oxygen atoms in total. The molecule has 18 heavy (non-hydrogen) atoms. The van der Waals surface area contributed by atoms with E-state index >= 15 is 0 Å². The maximum atomic E-state index is 10.8. The Hall–Kier alpha value is -2.02. The van der Waals surface area contributed by atoms with Gasteiger partial charge in [0.25, 0.3) is 0 Å². The number of hydrogen-bond acceptors (Lipinski definition) is 4. The van der Waals surface area contributed by atoms with E-state index in [9.17, 15) is 4.79 Å². The molecule has 3 aliphatic carbocycles. The van der Waals surface area contributed by atoms with Crippen molar-refractivity contribution >= 4 is 6.29 Å². The Balaban J connectivity index is 1.81. The van der Waals surface area contributed by atoms with E-state index < -0.39 is 0 Å². The predicted molar refractivity (Wildman–Crippen MR) is 63.6 cm³/mol. The fourth-order valence-corrected chi connectivity index (χ4v) is 3.00. The lowest BCUT2D eigenvalue weighted by Crippen LogP contribution is -2.69. The van der Waals surface area contributed by atoms with Crippen molar-refractivity contribution < 1.29 is 14.3 Å². The molecule has 1 aromatic rings. The van der Waals surface area contributed by atoms with Crippen LogP contribution < -0.4 is 9.47 Å². The second kappa shape index (κ2) is 3.49. The molecule has 3 saturated carbocycles. The standard InChI is InChI=1S/C14H13NO3/c1-17-11-3-2-10(5-16)4-12(11)18-14-6-13(7-14,8-14)9-15/h2-5H,6-8H2,1H3. The number of carbonyl (C=O) groups excluding carboxylic acids is 1. The fourth-order valence-electron chi connectivity index (χ4n) is 3.00. The second-order valence-corrected chi connectivity index (χ2v) is 5.24. The van der Waals surface area contributed by atoms with E-state index in [1.165, 1.54) is 0 Å². The third-order valence-electron chi connectivity index (χ3n) is 3.87. The highest BCUT2D eigenvalue weighted by Crippen LogP contribution is 2.68. The summed E-state index contributed by atoms with van der Waals surface area (Å²) in [5.74, 6) is 1.21. The molecule has 92 valence electrons. The van der Waals surface area contributed by atoms with Crippen LogP contribution in [-0.4, -0.2) is 19.0 Å². The molecular formula is C14H13NO3. The summed E-state index contributed by atoms with van der Waals surface area (Å²) in [7, 11) is 1.57. The third-order valence-corrected chi connectivity index (χ3v) is 3.87. The number of nitrogens with zero attached hydrogens (tertiary/aromatic N) is 1. The molecule has 3 aliphatic rings. The topological polar surface area (TPSA) is 59.3 Å². The molecule has 2 bridgehead atoms. The van der Waals surface area contributed by atoms with Crippen LogP contribution >= 0.6 is 0 Å². The third kappa shape index (κ3) is 1.40. The van der Waals surface area contributed by atoms with Crippen LogP contribution in [0.3, 0.4) is 0 Å². The zero-order chi connectivity index (χ0) is 12.8. The number of aldehydes is 1. The van der Waals surface area contributed by atoms with E-state index in [4.69, 9.17) is 14.7 Å². The van der Waals surface area contributed by atoms with E-state index in [0.717, 1.165) is 25.5 Å².